The lowest BCUT2D eigenvalue weighted by Gasteiger charge is -2.00. The molecule has 0 aliphatic rings. The molecule has 0 aliphatic carbocycles. The van der Waals surface area contributed by atoms with E-state index in [0.717, 1.165) is 0 Å². The molecule has 0 radical (unpaired) electrons. The normalized spacial score (nSPS) is 12.4. The number of benzene rings is 1. The summed E-state index contributed by atoms with van der Waals surface area (Å²) in [7, 11) is 0. The minimum atomic E-state index is -0.519. The fourth-order valence-corrected chi connectivity index (χ4v) is 1.65. The quantitative estimate of drug-likeness (QED) is 0.681. The van der Waals surface area contributed by atoms with Crippen molar-refractivity contribution in [3.63, 3.8) is 0 Å². The van der Waals surface area contributed by atoms with E-state index < -0.39 is 4.92 Å². The van der Waals surface area contributed by atoms with Crippen LogP contribution in [0.3, 0.4) is 0 Å². The van der Waals surface area contributed by atoms with Crippen LogP contribution in [-0.4, -0.2) is 9.91 Å². The van der Waals surface area contributed by atoms with Crippen LogP contribution in [0.4, 0.5) is 5.69 Å². The second-order valence-electron chi connectivity index (χ2n) is 3.77. The molecule has 2 rings (SSSR count). The number of oxazole rings is 1. The summed E-state index contributed by atoms with van der Waals surface area (Å²) in [6.45, 7) is 1.71. The summed E-state index contributed by atoms with van der Waals surface area (Å²) < 4.78 is 5.38. The van der Waals surface area contributed by atoms with Crippen LogP contribution in [0.1, 0.15) is 18.9 Å². The highest BCUT2D eigenvalue weighted by atomic mass is 35.5. The molecule has 7 heteroatoms. The molecule has 0 amide bonds. The van der Waals surface area contributed by atoms with Gasteiger partial charge in [0.15, 0.2) is 5.76 Å². The number of rotatable bonds is 3. The van der Waals surface area contributed by atoms with Crippen molar-refractivity contribution in [1.82, 2.24) is 4.98 Å². The number of nitro benzene ring substituents is 1. The molecular formula is C11H10ClN3O3. The smallest absolute Gasteiger partial charge is 0.281 e. The van der Waals surface area contributed by atoms with E-state index in [0.29, 0.717) is 17.2 Å². The fraction of sp³-hybridized carbons (Fsp3) is 0.182. The lowest BCUT2D eigenvalue weighted by Crippen LogP contribution is -2.04. The molecule has 1 unspecified atom stereocenters. The van der Waals surface area contributed by atoms with Crippen molar-refractivity contribution in [2.45, 2.75) is 13.0 Å². The second kappa shape index (κ2) is 4.75. The first-order valence-electron chi connectivity index (χ1n) is 5.14. The van der Waals surface area contributed by atoms with E-state index in [9.17, 15) is 10.1 Å². The topological polar surface area (TPSA) is 95.2 Å². The molecule has 1 aromatic heterocycles. The highest BCUT2D eigenvalue weighted by Crippen LogP contribution is 2.33. The average Bonchev–Trinajstić information content (AvgIpc) is 2.78. The first-order valence-corrected chi connectivity index (χ1v) is 5.52. The van der Waals surface area contributed by atoms with Gasteiger partial charge in [0.05, 0.1) is 22.7 Å². The molecular weight excluding hydrogens is 258 g/mol. The van der Waals surface area contributed by atoms with Gasteiger partial charge in [-0.1, -0.05) is 11.6 Å². The Morgan fingerprint density at radius 1 is 1.56 bits per heavy atom. The van der Waals surface area contributed by atoms with E-state index in [4.69, 9.17) is 21.8 Å². The average molecular weight is 268 g/mol. The number of hydrogen-bond donors (Lipinski definition) is 1. The van der Waals surface area contributed by atoms with Crippen LogP contribution in [0.2, 0.25) is 5.02 Å². The van der Waals surface area contributed by atoms with E-state index in [2.05, 4.69) is 4.98 Å². The van der Waals surface area contributed by atoms with Gasteiger partial charge >= 0.3 is 0 Å². The molecule has 0 spiro atoms. The number of nitrogens with zero attached hydrogens (tertiary/aromatic N) is 2. The summed E-state index contributed by atoms with van der Waals surface area (Å²) in [5.74, 6) is 0.625. The zero-order valence-corrected chi connectivity index (χ0v) is 10.2. The third kappa shape index (κ3) is 2.34. The number of halogens is 1. The summed E-state index contributed by atoms with van der Waals surface area (Å²) >= 11 is 5.73. The standard InChI is InChI=1S/C11H10ClN3O3/c1-6(13)11-14-5-10(18-11)8-3-2-7(12)4-9(8)15(16)17/h2-6H,13H2,1H3. The molecule has 0 aliphatic heterocycles. The summed E-state index contributed by atoms with van der Waals surface area (Å²) in [6, 6.07) is 3.97. The van der Waals surface area contributed by atoms with E-state index in [1.165, 1.54) is 18.3 Å². The molecule has 0 bridgehead atoms. The molecule has 0 saturated heterocycles. The number of nitrogens with two attached hydrogens (primary N) is 1. The van der Waals surface area contributed by atoms with Gasteiger partial charge in [-0.3, -0.25) is 10.1 Å². The Hall–Kier alpha value is -1.92. The van der Waals surface area contributed by atoms with Crippen LogP contribution in [0.5, 0.6) is 0 Å². The SMILES string of the molecule is CC(N)c1ncc(-c2ccc(Cl)cc2[N+](=O)[O-])o1. The van der Waals surface area contributed by atoms with Gasteiger partial charge in [0.1, 0.15) is 0 Å². The number of aromatic nitrogens is 1. The lowest BCUT2D eigenvalue weighted by atomic mass is 10.1. The van der Waals surface area contributed by atoms with Crippen LogP contribution in [-0.2, 0) is 0 Å². The van der Waals surface area contributed by atoms with Crippen molar-refractivity contribution in [2.75, 3.05) is 0 Å². The fourth-order valence-electron chi connectivity index (χ4n) is 1.49. The number of hydrogen-bond acceptors (Lipinski definition) is 5. The van der Waals surface area contributed by atoms with E-state index >= 15 is 0 Å². The first kappa shape index (κ1) is 12.5. The molecule has 18 heavy (non-hydrogen) atoms. The van der Waals surface area contributed by atoms with Crippen LogP contribution < -0.4 is 5.73 Å². The van der Waals surface area contributed by atoms with Gasteiger partial charge in [0, 0.05) is 11.1 Å². The van der Waals surface area contributed by atoms with Crippen LogP contribution in [0.15, 0.2) is 28.8 Å². The predicted molar refractivity (Wildman–Crippen MR) is 66.2 cm³/mol. The van der Waals surface area contributed by atoms with E-state index in [1.807, 2.05) is 0 Å². The summed E-state index contributed by atoms with van der Waals surface area (Å²) in [6.07, 6.45) is 1.41. The van der Waals surface area contributed by atoms with Gasteiger partial charge < -0.3 is 10.2 Å². The van der Waals surface area contributed by atoms with Crippen molar-refractivity contribution in [2.24, 2.45) is 5.73 Å². The molecule has 2 N–H and O–H groups in total. The Morgan fingerprint density at radius 2 is 2.28 bits per heavy atom. The van der Waals surface area contributed by atoms with Gasteiger partial charge in [-0.25, -0.2) is 4.98 Å². The minimum absolute atomic E-state index is 0.130. The number of nitro groups is 1. The molecule has 0 saturated carbocycles. The zero-order chi connectivity index (χ0) is 13.3. The molecule has 0 fully saturated rings. The molecule has 2 aromatic rings. The zero-order valence-electron chi connectivity index (χ0n) is 9.46. The van der Waals surface area contributed by atoms with E-state index in [1.54, 1.807) is 13.0 Å². The molecule has 1 atom stereocenters. The Labute approximate surface area is 108 Å². The minimum Gasteiger partial charge on any atom is -0.439 e. The van der Waals surface area contributed by atoms with Crippen molar-refractivity contribution in [3.8, 4) is 11.3 Å². The maximum Gasteiger partial charge on any atom is 0.281 e. The maximum atomic E-state index is 10.9. The largest absolute Gasteiger partial charge is 0.439 e. The highest BCUT2D eigenvalue weighted by molar-refractivity contribution is 6.30. The Bertz CT molecular complexity index is 595. The van der Waals surface area contributed by atoms with Crippen molar-refractivity contribution >= 4 is 17.3 Å². The van der Waals surface area contributed by atoms with Crippen molar-refractivity contribution in [1.29, 1.82) is 0 Å². The van der Waals surface area contributed by atoms with Crippen LogP contribution in [0, 0.1) is 10.1 Å². The van der Waals surface area contributed by atoms with Gasteiger partial charge in [-0.2, -0.15) is 0 Å². The third-order valence-corrected chi connectivity index (χ3v) is 2.57. The Kier molecular flexibility index (Phi) is 3.31. The van der Waals surface area contributed by atoms with Crippen molar-refractivity contribution in [3.05, 3.63) is 45.4 Å². The van der Waals surface area contributed by atoms with Gasteiger partial charge in [0.2, 0.25) is 5.89 Å². The first-order chi connectivity index (χ1) is 8.49. The molecule has 6 nitrogen and oxygen atoms in total. The Morgan fingerprint density at radius 3 is 2.83 bits per heavy atom. The third-order valence-electron chi connectivity index (χ3n) is 2.34. The van der Waals surface area contributed by atoms with Crippen LogP contribution >= 0.6 is 11.6 Å². The monoisotopic (exact) mass is 267 g/mol. The Balaban J connectivity index is 2.52. The van der Waals surface area contributed by atoms with E-state index in [-0.39, 0.29) is 16.8 Å². The predicted octanol–water partition coefficient (Wildman–Crippen LogP) is 2.92. The summed E-state index contributed by atoms with van der Waals surface area (Å²) in [4.78, 5) is 14.4. The maximum absolute atomic E-state index is 10.9. The van der Waals surface area contributed by atoms with Gasteiger partial charge in [0.25, 0.3) is 5.69 Å². The molecule has 94 valence electrons. The molecule has 1 aromatic carbocycles. The highest BCUT2D eigenvalue weighted by Gasteiger charge is 2.20. The summed E-state index contributed by atoms with van der Waals surface area (Å²) in [5.41, 5.74) is 5.81. The lowest BCUT2D eigenvalue weighted by molar-refractivity contribution is -0.384. The summed E-state index contributed by atoms with van der Waals surface area (Å²) in [5, 5.41) is 11.2. The van der Waals surface area contributed by atoms with Crippen LogP contribution in [0.25, 0.3) is 11.3 Å². The molecule has 1 heterocycles. The van der Waals surface area contributed by atoms with Crippen molar-refractivity contribution < 1.29 is 9.34 Å². The van der Waals surface area contributed by atoms with Gasteiger partial charge in [-0.15, -0.1) is 0 Å². The second-order valence-corrected chi connectivity index (χ2v) is 4.21. The van der Waals surface area contributed by atoms with Gasteiger partial charge in [-0.05, 0) is 19.1 Å².